The molecule has 1 fully saturated rings. The molecule has 3 rings (SSSR count). The van der Waals surface area contributed by atoms with Gasteiger partial charge in [-0.05, 0) is 51.5 Å². The number of ketones is 1. The van der Waals surface area contributed by atoms with E-state index in [0.29, 0.717) is 41.3 Å². The van der Waals surface area contributed by atoms with Crippen molar-refractivity contribution in [2.45, 2.75) is 40.2 Å². The quantitative estimate of drug-likeness (QED) is 0.197. The summed E-state index contributed by atoms with van der Waals surface area (Å²) in [5.41, 5.74) is 1.75. The zero-order chi connectivity index (χ0) is 28.1. The second kappa shape index (κ2) is 12.2. The minimum Gasteiger partial charge on any atom is -0.507 e. The monoisotopic (exact) mass is 527 g/mol. The highest BCUT2D eigenvalue weighted by Gasteiger charge is 2.47. The Hall–Kier alpha value is -3.79. The molecule has 2 N–H and O–H groups in total. The Kier molecular flexibility index (Phi) is 9.22. The molecule has 0 saturated carbocycles. The SMILES string of the molecule is CCN(CC)CCCN1C(=O)C(=O)C(=C(O)c2c(C)[nH]c(C(=O)OC)c2C)C1c1cccc(OC)c1OC. The normalized spacial score (nSPS) is 16.8. The highest BCUT2D eigenvalue weighted by Crippen LogP contribution is 2.46. The number of aliphatic hydroxyl groups excluding tert-OH is 1. The van der Waals surface area contributed by atoms with Crippen LogP contribution in [0, 0.1) is 13.8 Å². The number of nitrogens with zero attached hydrogens (tertiary/aromatic N) is 2. The first-order chi connectivity index (χ1) is 18.2. The summed E-state index contributed by atoms with van der Waals surface area (Å²) < 4.78 is 16.0. The van der Waals surface area contributed by atoms with Crippen LogP contribution in [0.3, 0.4) is 0 Å². The first-order valence-corrected chi connectivity index (χ1v) is 12.7. The number of ether oxygens (including phenoxy) is 3. The molecule has 2 aromatic rings. The summed E-state index contributed by atoms with van der Waals surface area (Å²) in [5.74, 6) is -1.70. The number of amides is 1. The summed E-state index contributed by atoms with van der Waals surface area (Å²) in [7, 11) is 4.25. The molecule has 0 aliphatic carbocycles. The van der Waals surface area contributed by atoms with Crippen molar-refractivity contribution in [1.82, 2.24) is 14.8 Å². The number of aromatic amines is 1. The van der Waals surface area contributed by atoms with E-state index in [1.807, 2.05) is 0 Å². The third kappa shape index (κ3) is 5.13. The molecule has 0 radical (unpaired) electrons. The van der Waals surface area contributed by atoms with E-state index in [1.165, 1.54) is 26.2 Å². The number of carbonyl (C=O) groups is 3. The molecular formula is C28H37N3O7. The number of aryl methyl sites for hydroxylation is 1. The number of para-hydroxylation sites is 1. The number of hydrogen-bond acceptors (Lipinski definition) is 8. The summed E-state index contributed by atoms with van der Waals surface area (Å²) in [6.45, 7) is 10.2. The molecule has 10 heteroatoms. The molecule has 1 aromatic heterocycles. The lowest BCUT2D eigenvalue weighted by Crippen LogP contribution is -2.33. The number of carbonyl (C=O) groups excluding carboxylic acids is 3. The van der Waals surface area contributed by atoms with E-state index in [0.717, 1.165) is 19.6 Å². The number of H-pyrrole nitrogens is 1. The summed E-state index contributed by atoms with van der Waals surface area (Å²) >= 11 is 0. The van der Waals surface area contributed by atoms with Crippen molar-refractivity contribution in [1.29, 1.82) is 0 Å². The Morgan fingerprint density at radius 1 is 1.11 bits per heavy atom. The molecule has 1 atom stereocenters. The minimum atomic E-state index is -0.924. The molecule has 2 heterocycles. The van der Waals surface area contributed by atoms with E-state index in [9.17, 15) is 19.5 Å². The van der Waals surface area contributed by atoms with Crippen molar-refractivity contribution in [3.05, 3.63) is 51.9 Å². The van der Waals surface area contributed by atoms with Gasteiger partial charge in [0.1, 0.15) is 11.5 Å². The molecule has 1 unspecified atom stereocenters. The lowest BCUT2D eigenvalue weighted by molar-refractivity contribution is -0.140. The fraction of sp³-hybridized carbons (Fsp3) is 0.464. The Balaban J connectivity index is 2.22. The zero-order valence-electron chi connectivity index (χ0n) is 23.1. The number of aliphatic hydroxyl groups is 1. The average Bonchev–Trinajstić information content (AvgIpc) is 3.36. The van der Waals surface area contributed by atoms with Crippen LogP contribution in [-0.4, -0.2) is 85.1 Å². The number of methoxy groups -OCH3 is 3. The highest BCUT2D eigenvalue weighted by atomic mass is 16.5. The molecular weight excluding hydrogens is 490 g/mol. The van der Waals surface area contributed by atoms with Crippen molar-refractivity contribution in [3.63, 3.8) is 0 Å². The lowest BCUT2D eigenvalue weighted by Gasteiger charge is -2.28. The van der Waals surface area contributed by atoms with Gasteiger partial charge in [-0.2, -0.15) is 0 Å². The molecule has 206 valence electrons. The number of benzene rings is 1. The van der Waals surface area contributed by atoms with Gasteiger partial charge in [-0.15, -0.1) is 0 Å². The van der Waals surface area contributed by atoms with Gasteiger partial charge >= 0.3 is 5.97 Å². The van der Waals surface area contributed by atoms with Crippen LogP contribution in [0.5, 0.6) is 11.5 Å². The van der Waals surface area contributed by atoms with Gasteiger partial charge in [0, 0.05) is 23.4 Å². The molecule has 1 aliphatic heterocycles. The van der Waals surface area contributed by atoms with Crippen LogP contribution in [0.1, 0.15) is 59.2 Å². The fourth-order valence-corrected chi connectivity index (χ4v) is 5.11. The van der Waals surface area contributed by atoms with Crippen molar-refractivity contribution in [3.8, 4) is 11.5 Å². The van der Waals surface area contributed by atoms with E-state index in [4.69, 9.17) is 14.2 Å². The van der Waals surface area contributed by atoms with Gasteiger partial charge in [0.2, 0.25) is 0 Å². The summed E-state index contributed by atoms with van der Waals surface area (Å²) in [6.07, 6.45) is 0.631. The van der Waals surface area contributed by atoms with Crippen LogP contribution in [0.2, 0.25) is 0 Å². The van der Waals surface area contributed by atoms with Gasteiger partial charge in [-0.3, -0.25) is 9.59 Å². The van der Waals surface area contributed by atoms with Gasteiger partial charge < -0.3 is 34.1 Å². The molecule has 10 nitrogen and oxygen atoms in total. The van der Waals surface area contributed by atoms with E-state index < -0.39 is 23.7 Å². The summed E-state index contributed by atoms with van der Waals surface area (Å²) in [4.78, 5) is 45.8. The van der Waals surface area contributed by atoms with Crippen molar-refractivity contribution in [2.75, 3.05) is 47.5 Å². The lowest BCUT2D eigenvalue weighted by atomic mass is 9.93. The number of hydrogen-bond donors (Lipinski definition) is 2. The zero-order valence-corrected chi connectivity index (χ0v) is 23.1. The number of Topliss-reactive ketones (excluding diaryl/α,β-unsaturated/α-hetero) is 1. The summed E-state index contributed by atoms with van der Waals surface area (Å²) in [6, 6.07) is 4.29. The number of aromatic nitrogens is 1. The van der Waals surface area contributed by atoms with E-state index in [2.05, 4.69) is 23.7 Å². The standard InChI is InChI=1S/C28H37N3O7/c1-8-30(9-2)14-11-15-31-23(18-12-10-13-19(36-5)26(18)37-6)21(25(33)27(31)34)24(32)20-16(3)22(28(35)38-7)29-17(20)4/h10,12-13,23,29,32H,8-9,11,14-15H2,1-7H3. The number of nitrogens with one attached hydrogen (secondary N) is 1. The van der Waals surface area contributed by atoms with Crippen LogP contribution < -0.4 is 9.47 Å². The molecule has 38 heavy (non-hydrogen) atoms. The number of rotatable bonds is 11. The van der Waals surface area contributed by atoms with Crippen LogP contribution >= 0.6 is 0 Å². The molecule has 1 amide bonds. The molecule has 1 aromatic carbocycles. The van der Waals surface area contributed by atoms with Gasteiger partial charge in [0.15, 0.2) is 11.5 Å². The average molecular weight is 528 g/mol. The minimum absolute atomic E-state index is 0.0778. The predicted octanol–water partition coefficient (Wildman–Crippen LogP) is 3.59. The maximum Gasteiger partial charge on any atom is 0.354 e. The third-order valence-electron chi connectivity index (χ3n) is 7.10. The highest BCUT2D eigenvalue weighted by molar-refractivity contribution is 6.46. The first-order valence-electron chi connectivity index (χ1n) is 12.7. The molecule has 1 saturated heterocycles. The Morgan fingerprint density at radius 2 is 1.79 bits per heavy atom. The maximum atomic E-state index is 13.5. The molecule has 1 aliphatic rings. The van der Waals surface area contributed by atoms with E-state index >= 15 is 0 Å². The van der Waals surface area contributed by atoms with Gasteiger partial charge in [0.25, 0.3) is 11.7 Å². The van der Waals surface area contributed by atoms with Crippen LogP contribution in [0.4, 0.5) is 0 Å². The maximum absolute atomic E-state index is 13.5. The van der Waals surface area contributed by atoms with Gasteiger partial charge in [0.05, 0.1) is 32.9 Å². The number of likely N-dealkylation sites (tertiary alicyclic amines) is 1. The van der Waals surface area contributed by atoms with Gasteiger partial charge in [-0.25, -0.2) is 4.79 Å². The largest absolute Gasteiger partial charge is 0.507 e. The third-order valence-corrected chi connectivity index (χ3v) is 7.10. The molecule has 0 bridgehead atoms. The predicted molar refractivity (Wildman–Crippen MR) is 143 cm³/mol. The number of esters is 1. The van der Waals surface area contributed by atoms with Crippen molar-refractivity contribution < 1.29 is 33.7 Å². The Bertz CT molecular complexity index is 1240. The van der Waals surface area contributed by atoms with Crippen molar-refractivity contribution in [2.24, 2.45) is 0 Å². The Labute approximate surface area is 223 Å². The van der Waals surface area contributed by atoms with Crippen LogP contribution in [0.15, 0.2) is 23.8 Å². The van der Waals surface area contributed by atoms with E-state index in [-0.39, 0.29) is 22.6 Å². The summed E-state index contributed by atoms with van der Waals surface area (Å²) in [5, 5.41) is 11.6. The van der Waals surface area contributed by atoms with Crippen LogP contribution in [-0.2, 0) is 14.3 Å². The second-order valence-electron chi connectivity index (χ2n) is 9.07. The topological polar surface area (TPSA) is 121 Å². The van der Waals surface area contributed by atoms with E-state index in [1.54, 1.807) is 32.0 Å². The van der Waals surface area contributed by atoms with Crippen molar-refractivity contribution >= 4 is 23.4 Å². The first kappa shape index (κ1) is 28.8. The fourth-order valence-electron chi connectivity index (χ4n) is 5.11. The smallest absolute Gasteiger partial charge is 0.354 e. The molecule has 0 spiro atoms. The second-order valence-corrected chi connectivity index (χ2v) is 9.07. The van der Waals surface area contributed by atoms with Crippen LogP contribution in [0.25, 0.3) is 5.76 Å². The Morgan fingerprint density at radius 3 is 2.37 bits per heavy atom. The van der Waals surface area contributed by atoms with Gasteiger partial charge in [-0.1, -0.05) is 26.0 Å².